The molecule has 0 aromatic heterocycles. The van der Waals surface area contributed by atoms with Gasteiger partial charge in [0, 0.05) is 5.56 Å². The molecule has 1 aliphatic rings. The fourth-order valence-corrected chi connectivity index (χ4v) is 3.63. The number of carbonyl (C=O) groups excluding carboxylic acids is 1. The first kappa shape index (κ1) is 19.0. The van der Waals surface area contributed by atoms with Crippen molar-refractivity contribution in [1.29, 1.82) is 0 Å². The number of hydrazine groups is 1. The van der Waals surface area contributed by atoms with Crippen LogP contribution in [0.15, 0.2) is 42.5 Å². The average molecular weight is 366 g/mol. The quantitative estimate of drug-likeness (QED) is 0.697. The van der Waals surface area contributed by atoms with Gasteiger partial charge in [-0.25, -0.2) is 4.79 Å². The van der Waals surface area contributed by atoms with E-state index in [2.05, 4.69) is 50.7 Å². The summed E-state index contributed by atoms with van der Waals surface area (Å²) in [6.07, 6.45) is 2.28. The van der Waals surface area contributed by atoms with Gasteiger partial charge in [0.15, 0.2) is 0 Å². The van der Waals surface area contributed by atoms with Crippen molar-refractivity contribution in [2.24, 2.45) is 0 Å². The van der Waals surface area contributed by atoms with E-state index < -0.39 is 5.97 Å². The minimum Gasteiger partial charge on any atom is -0.478 e. The second-order valence-corrected chi connectivity index (χ2v) is 8.49. The number of nitrogens with one attached hydrogen (secondary N) is 2. The molecule has 1 aliphatic carbocycles. The van der Waals surface area contributed by atoms with Gasteiger partial charge < -0.3 is 5.11 Å². The van der Waals surface area contributed by atoms with Crippen molar-refractivity contribution in [3.05, 3.63) is 64.7 Å². The Morgan fingerprint density at radius 2 is 1.41 bits per heavy atom. The second-order valence-electron chi connectivity index (χ2n) is 8.49. The molecule has 5 nitrogen and oxygen atoms in total. The summed E-state index contributed by atoms with van der Waals surface area (Å²) in [7, 11) is 0. The van der Waals surface area contributed by atoms with Gasteiger partial charge in [-0.05, 0) is 71.2 Å². The van der Waals surface area contributed by atoms with Gasteiger partial charge in [-0.3, -0.25) is 15.6 Å². The molecule has 0 bridgehead atoms. The average Bonchev–Trinajstić information content (AvgIpc) is 2.63. The summed E-state index contributed by atoms with van der Waals surface area (Å²) in [5.74, 6) is -1.33. The number of carboxylic acids is 1. The molecule has 1 amide bonds. The van der Waals surface area contributed by atoms with Gasteiger partial charge in [0.1, 0.15) is 0 Å². The standard InChI is InChI=1S/C22H26N2O3/c1-21(2)11-12-22(3,4)18-13-16(9-10-17(18)21)23-24-19(25)14-5-7-15(8-6-14)20(26)27/h5-10,13,23H,11-12H2,1-4H3,(H,24,25)(H,26,27). The summed E-state index contributed by atoms with van der Waals surface area (Å²) in [5, 5.41) is 8.93. The SMILES string of the molecule is CC1(C)CCC(C)(C)c2cc(NNC(=O)c3ccc(C(=O)O)cc3)ccc21. The molecule has 0 unspecified atom stereocenters. The Morgan fingerprint density at radius 1 is 0.852 bits per heavy atom. The van der Waals surface area contributed by atoms with Gasteiger partial charge in [0.05, 0.1) is 11.3 Å². The maximum Gasteiger partial charge on any atom is 0.335 e. The third-order valence-corrected chi connectivity index (χ3v) is 5.57. The van der Waals surface area contributed by atoms with E-state index in [0.29, 0.717) is 5.56 Å². The van der Waals surface area contributed by atoms with Crippen LogP contribution in [0.5, 0.6) is 0 Å². The Bertz CT molecular complexity index is 883. The summed E-state index contributed by atoms with van der Waals surface area (Å²) in [4.78, 5) is 23.2. The van der Waals surface area contributed by atoms with Crippen molar-refractivity contribution in [2.75, 3.05) is 5.43 Å². The fourth-order valence-electron chi connectivity index (χ4n) is 3.63. The summed E-state index contributed by atoms with van der Waals surface area (Å²) in [5.41, 5.74) is 9.96. The summed E-state index contributed by atoms with van der Waals surface area (Å²) < 4.78 is 0. The van der Waals surface area contributed by atoms with Crippen LogP contribution in [0.2, 0.25) is 0 Å². The van der Waals surface area contributed by atoms with E-state index in [9.17, 15) is 9.59 Å². The second kappa shape index (κ2) is 6.72. The lowest BCUT2D eigenvalue weighted by molar-refractivity contribution is 0.0696. The highest BCUT2D eigenvalue weighted by atomic mass is 16.4. The van der Waals surface area contributed by atoms with Gasteiger partial charge >= 0.3 is 5.97 Å². The van der Waals surface area contributed by atoms with Crippen LogP contribution < -0.4 is 10.9 Å². The molecule has 0 radical (unpaired) electrons. The first-order valence-electron chi connectivity index (χ1n) is 9.15. The Morgan fingerprint density at radius 3 is 2.00 bits per heavy atom. The van der Waals surface area contributed by atoms with E-state index in [0.717, 1.165) is 18.5 Å². The van der Waals surface area contributed by atoms with Crippen molar-refractivity contribution in [2.45, 2.75) is 51.4 Å². The zero-order chi connectivity index (χ0) is 19.8. The van der Waals surface area contributed by atoms with Crippen molar-refractivity contribution >= 4 is 17.6 Å². The van der Waals surface area contributed by atoms with Gasteiger partial charge in [-0.2, -0.15) is 0 Å². The third-order valence-electron chi connectivity index (χ3n) is 5.57. The number of carboxylic acid groups (broad SMARTS) is 1. The van der Waals surface area contributed by atoms with Gasteiger partial charge in [-0.15, -0.1) is 0 Å². The van der Waals surface area contributed by atoms with Crippen LogP contribution in [-0.4, -0.2) is 17.0 Å². The lowest BCUT2D eigenvalue weighted by Crippen LogP contribution is -2.34. The van der Waals surface area contributed by atoms with Crippen molar-refractivity contribution < 1.29 is 14.7 Å². The van der Waals surface area contributed by atoms with Gasteiger partial charge in [0.2, 0.25) is 0 Å². The van der Waals surface area contributed by atoms with E-state index in [4.69, 9.17) is 5.11 Å². The molecule has 3 N–H and O–H groups in total. The molecule has 2 aromatic carbocycles. The molecular weight excluding hydrogens is 340 g/mol. The van der Waals surface area contributed by atoms with Crippen LogP contribution >= 0.6 is 0 Å². The maximum atomic E-state index is 12.3. The monoisotopic (exact) mass is 366 g/mol. The predicted molar refractivity (Wildman–Crippen MR) is 106 cm³/mol. The number of anilines is 1. The number of carbonyl (C=O) groups is 2. The highest BCUT2D eigenvalue weighted by molar-refractivity contribution is 5.96. The predicted octanol–water partition coefficient (Wildman–Crippen LogP) is 4.49. The van der Waals surface area contributed by atoms with E-state index >= 15 is 0 Å². The smallest absolute Gasteiger partial charge is 0.335 e. The topological polar surface area (TPSA) is 78.4 Å². The number of amides is 1. The number of fused-ring (bicyclic) bond motifs is 1. The van der Waals surface area contributed by atoms with Crippen molar-refractivity contribution in [3.8, 4) is 0 Å². The molecule has 2 aromatic rings. The van der Waals surface area contributed by atoms with Crippen LogP contribution in [0.4, 0.5) is 5.69 Å². The van der Waals surface area contributed by atoms with E-state index in [1.54, 1.807) is 0 Å². The summed E-state index contributed by atoms with van der Waals surface area (Å²) >= 11 is 0. The number of hydrogen-bond acceptors (Lipinski definition) is 3. The van der Waals surface area contributed by atoms with E-state index in [1.807, 2.05) is 6.07 Å². The lowest BCUT2D eigenvalue weighted by Gasteiger charge is -2.42. The molecule has 0 atom stereocenters. The molecule has 0 saturated carbocycles. The maximum absolute atomic E-state index is 12.3. The zero-order valence-corrected chi connectivity index (χ0v) is 16.2. The Kier molecular flexibility index (Phi) is 4.72. The van der Waals surface area contributed by atoms with Crippen molar-refractivity contribution in [1.82, 2.24) is 5.43 Å². The van der Waals surface area contributed by atoms with Crippen LogP contribution in [-0.2, 0) is 10.8 Å². The van der Waals surface area contributed by atoms with Gasteiger partial charge in [0.25, 0.3) is 5.91 Å². The zero-order valence-electron chi connectivity index (χ0n) is 16.2. The Labute approximate surface area is 159 Å². The number of rotatable bonds is 4. The molecule has 0 fully saturated rings. The number of aromatic carboxylic acids is 1. The van der Waals surface area contributed by atoms with E-state index in [1.165, 1.54) is 35.4 Å². The lowest BCUT2D eigenvalue weighted by atomic mass is 9.63. The van der Waals surface area contributed by atoms with Crippen LogP contribution in [0.1, 0.15) is 72.4 Å². The normalized spacial score (nSPS) is 16.9. The summed E-state index contributed by atoms with van der Waals surface area (Å²) in [6, 6.07) is 12.1. The molecule has 0 heterocycles. The minimum absolute atomic E-state index is 0.0964. The molecule has 3 rings (SSSR count). The molecule has 142 valence electrons. The highest BCUT2D eigenvalue weighted by Gasteiger charge is 2.36. The first-order valence-corrected chi connectivity index (χ1v) is 9.15. The number of hydrogen-bond donors (Lipinski definition) is 3. The van der Waals surface area contributed by atoms with Crippen LogP contribution in [0, 0.1) is 0 Å². The van der Waals surface area contributed by atoms with Gasteiger partial charge in [-0.1, -0.05) is 33.8 Å². The third kappa shape index (κ3) is 3.82. The molecular formula is C22H26N2O3. The van der Waals surface area contributed by atoms with E-state index in [-0.39, 0.29) is 22.3 Å². The molecule has 0 aliphatic heterocycles. The summed E-state index contributed by atoms with van der Waals surface area (Å²) in [6.45, 7) is 9.06. The molecule has 5 heteroatoms. The Balaban J connectivity index is 1.75. The largest absolute Gasteiger partial charge is 0.478 e. The Hall–Kier alpha value is -2.82. The molecule has 27 heavy (non-hydrogen) atoms. The van der Waals surface area contributed by atoms with Crippen LogP contribution in [0.25, 0.3) is 0 Å². The fraction of sp³-hybridized carbons (Fsp3) is 0.364. The minimum atomic E-state index is -1.01. The molecule has 0 spiro atoms. The first-order chi connectivity index (χ1) is 12.6. The molecule has 0 saturated heterocycles. The van der Waals surface area contributed by atoms with Crippen LogP contribution in [0.3, 0.4) is 0 Å². The van der Waals surface area contributed by atoms with Crippen molar-refractivity contribution in [3.63, 3.8) is 0 Å². The number of benzene rings is 2. The highest BCUT2D eigenvalue weighted by Crippen LogP contribution is 2.46.